The van der Waals surface area contributed by atoms with E-state index in [4.69, 9.17) is 5.14 Å². The number of hydrogen-bond acceptors (Lipinski definition) is 3. The van der Waals surface area contributed by atoms with Gasteiger partial charge in [0.15, 0.2) is 0 Å². The molecule has 0 atom stereocenters. The van der Waals surface area contributed by atoms with Crippen molar-refractivity contribution in [1.82, 2.24) is 4.98 Å². The Morgan fingerprint density at radius 3 is 2.31 bits per heavy atom. The zero-order chi connectivity index (χ0) is 19.1. The number of aryl methyl sites for hydroxylation is 2. The molecular formula is C19H16F2N2O2S. The Labute approximate surface area is 150 Å². The fourth-order valence-corrected chi connectivity index (χ4v) is 3.29. The van der Waals surface area contributed by atoms with E-state index in [0.717, 1.165) is 22.8 Å². The lowest BCUT2D eigenvalue weighted by atomic mass is 9.96. The van der Waals surface area contributed by atoms with Gasteiger partial charge in [-0.1, -0.05) is 24.3 Å². The molecule has 0 bridgehead atoms. The number of primary sulfonamides is 1. The van der Waals surface area contributed by atoms with Gasteiger partial charge in [-0.25, -0.2) is 22.3 Å². The predicted octanol–water partition coefficient (Wildman–Crippen LogP) is 3.96. The minimum Gasteiger partial charge on any atom is -0.255 e. The van der Waals surface area contributed by atoms with Crippen LogP contribution in [0.4, 0.5) is 8.78 Å². The lowest BCUT2D eigenvalue weighted by molar-refractivity contribution is 0.555. The number of nitrogens with zero attached hydrogens (tertiary/aromatic N) is 1. The Bertz CT molecular complexity index is 1110. The number of aromatic nitrogens is 1. The summed E-state index contributed by atoms with van der Waals surface area (Å²) in [7, 11) is -4.36. The quantitative estimate of drug-likeness (QED) is 0.754. The molecule has 0 saturated carbocycles. The summed E-state index contributed by atoms with van der Waals surface area (Å²) in [5, 5.41) is 4.92. The number of sulfonamides is 1. The molecule has 0 radical (unpaired) electrons. The fourth-order valence-electron chi connectivity index (χ4n) is 2.69. The van der Waals surface area contributed by atoms with Gasteiger partial charge in [-0.15, -0.1) is 0 Å². The van der Waals surface area contributed by atoms with Crippen LogP contribution in [0.1, 0.15) is 11.1 Å². The van der Waals surface area contributed by atoms with Gasteiger partial charge in [-0.3, -0.25) is 4.98 Å². The van der Waals surface area contributed by atoms with E-state index in [1.165, 1.54) is 6.20 Å². The normalized spacial score (nSPS) is 11.6. The SMILES string of the molecule is Cc1ccc(-c2cccnc2-c2cc(F)c(S(N)(=O)=O)cc2F)cc1C. The summed E-state index contributed by atoms with van der Waals surface area (Å²) in [5.41, 5.74) is 3.64. The smallest absolute Gasteiger partial charge is 0.241 e. The summed E-state index contributed by atoms with van der Waals surface area (Å²) < 4.78 is 51.5. The second kappa shape index (κ2) is 6.59. The molecule has 4 nitrogen and oxygen atoms in total. The summed E-state index contributed by atoms with van der Waals surface area (Å²) in [6.07, 6.45) is 1.46. The van der Waals surface area contributed by atoms with Crippen molar-refractivity contribution >= 4 is 10.0 Å². The van der Waals surface area contributed by atoms with E-state index in [2.05, 4.69) is 4.98 Å². The number of hydrogen-bond donors (Lipinski definition) is 1. The Balaban J connectivity index is 2.23. The highest BCUT2D eigenvalue weighted by atomic mass is 32.2. The molecule has 2 aromatic carbocycles. The number of nitrogens with two attached hydrogens (primary N) is 1. The van der Waals surface area contributed by atoms with Gasteiger partial charge in [-0.2, -0.15) is 0 Å². The standard InChI is InChI=1S/C19H16F2N2O2S/c1-11-5-6-13(8-12(11)2)14-4-3-7-23-19(14)15-9-17(21)18(10-16(15)20)26(22,24)25/h3-10H,1-2H3,(H2,22,24,25). The van der Waals surface area contributed by atoms with Crippen LogP contribution in [-0.2, 0) is 10.0 Å². The van der Waals surface area contributed by atoms with E-state index in [9.17, 15) is 17.2 Å². The van der Waals surface area contributed by atoms with E-state index in [-0.39, 0.29) is 11.3 Å². The maximum atomic E-state index is 14.6. The topological polar surface area (TPSA) is 73.0 Å². The first-order valence-corrected chi connectivity index (χ1v) is 9.28. The molecule has 0 unspecified atom stereocenters. The average molecular weight is 374 g/mol. The highest BCUT2D eigenvalue weighted by molar-refractivity contribution is 7.89. The van der Waals surface area contributed by atoms with Gasteiger partial charge in [0.05, 0.1) is 5.69 Å². The van der Waals surface area contributed by atoms with E-state index in [0.29, 0.717) is 11.6 Å². The van der Waals surface area contributed by atoms with Gasteiger partial charge in [0.25, 0.3) is 0 Å². The van der Waals surface area contributed by atoms with Gasteiger partial charge in [-0.05, 0) is 48.7 Å². The van der Waals surface area contributed by atoms with Crippen molar-refractivity contribution in [3.8, 4) is 22.4 Å². The van der Waals surface area contributed by atoms with Crippen LogP contribution in [0.3, 0.4) is 0 Å². The Morgan fingerprint density at radius 1 is 0.923 bits per heavy atom. The van der Waals surface area contributed by atoms with Crippen LogP contribution < -0.4 is 5.14 Å². The molecule has 0 spiro atoms. The summed E-state index contributed by atoms with van der Waals surface area (Å²) in [5.74, 6) is -2.04. The molecule has 0 saturated heterocycles. The molecule has 3 aromatic rings. The van der Waals surface area contributed by atoms with Gasteiger partial charge in [0.1, 0.15) is 16.5 Å². The zero-order valence-electron chi connectivity index (χ0n) is 14.1. The molecule has 0 amide bonds. The molecule has 134 valence electrons. The number of benzene rings is 2. The lowest BCUT2D eigenvalue weighted by Crippen LogP contribution is -2.14. The molecule has 0 aliphatic carbocycles. The molecule has 0 fully saturated rings. The molecule has 0 aliphatic heterocycles. The van der Waals surface area contributed by atoms with Crippen LogP contribution >= 0.6 is 0 Å². The molecule has 7 heteroatoms. The van der Waals surface area contributed by atoms with Crippen molar-refractivity contribution in [1.29, 1.82) is 0 Å². The van der Waals surface area contributed by atoms with Crippen molar-refractivity contribution in [2.45, 2.75) is 18.7 Å². The number of halogens is 2. The predicted molar refractivity (Wildman–Crippen MR) is 95.9 cm³/mol. The summed E-state index contributed by atoms with van der Waals surface area (Å²) in [6, 6.07) is 10.6. The molecule has 3 rings (SSSR count). The fraction of sp³-hybridized carbons (Fsp3) is 0.105. The number of rotatable bonds is 3. The molecule has 2 N–H and O–H groups in total. The minimum absolute atomic E-state index is 0.135. The largest absolute Gasteiger partial charge is 0.255 e. The minimum atomic E-state index is -4.36. The van der Waals surface area contributed by atoms with Crippen LogP contribution in [0, 0.1) is 25.5 Å². The van der Waals surface area contributed by atoms with Gasteiger partial charge in [0.2, 0.25) is 10.0 Å². The molecule has 0 aliphatic rings. The van der Waals surface area contributed by atoms with Gasteiger partial charge >= 0.3 is 0 Å². The molecule has 1 aromatic heterocycles. The first-order chi connectivity index (χ1) is 12.2. The molecular weight excluding hydrogens is 358 g/mol. The van der Waals surface area contributed by atoms with Crippen molar-refractivity contribution in [3.63, 3.8) is 0 Å². The maximum absolute atomic E-state index is 14.6. The van der Waals surface area contributed by atoms with Crippen LogP contribution in [0.5, 0.6) is 0 Å². The van der Waals surface area contributed by atoms with Crippen LogP contribution in [0.2, 0.25) is 0 Å². The third-order valence-corrected chi connectivity index (χ3v) is 5.13. The van der Waals surface area contributed by atoms with E-state index >= 15 is 0 Å². The Kier molecular flexibility index (Phi) is 4.60. The van der Waals surface area contributed by atoms with Crippen LogP contribution in [-0.4, -0.2) is 13.4 Å². The Morgan fingerprint density at radius 2 is 1.65 bits per heavy atom. The van der Waals surface area contributed by atoms with Crippen molar-refractivity contribution in [3.05, 3.63) is 71.4 Å². The van der Waals surface area contributed by atoms with E-state index in [1.54, 1.807) is 12.1 Å². The summed E-state index contributed by atoms with van der Waals surface area (Å²) in [4.78, 5) is 3.30. The molecule has 26 heavy (non-hydrogen) atoms. The lowest BCUT2D eigenvalue weighted by Gasteiger charge is -2.12. The van der Waals surface area contributed by atoms with Gasteiger partial charge in [0, 0.05) is 17.3 Å². The van der Waals surface area contributed by atoms with Crippen LogP contribution in [0.15, 0.2) is 53.6 Å². The highest BCUT2D eigenvalue weighted by Crippen LogP contribution is 2.34. The monoisotopic (exact) mass is 374 g/mol. The summed E-state index contributed by atoms with van der Waals surface area (Å²) in [6.45, 7) is 3.93. The van der Waals surface area contributed by atoms with Crippen molar-refractivity contribution in [2.75, 3.05) is 0 Å². The average Bonchev–Trinajstić information content (AvgIpc) is 2.58. The molecule has 1 heterocycles. The van der Waals surface area contributed by atoms with Crippen molar-refractivity contribution < 1.29 is 17.2 Å². The second-order valence-corrected chi connectivity index (χ2v) is 7.54. The highest BCUT2D eigenvalue weighted by Gasteiger charge is 2.21. The first kappa shape index (κ1) is 18.2. The zero-order valence-corrected chi connectivity index (χ0v) is 14.9. The number of pyridine rings is 1. The second-order valence-electron chi connectivity index (χ2n) is 6.01. The maximum Gasteiger partial charge on any atom is 0.241 e. The third-order valence-electron chi connectivity index (χ3n) is 4.21. The summed E-state index contributed by atoms with van der Waals surface area (Å²) >= 11 is 0. The van der Waals surface area contributed by atoms with Crippen molar-refractivity contribution in [2.24, 2.45) is 5.14 Å². The first-order valence-electron chi connectivity index (χ1n) is 7.73. The van der Waals surface area contributed by atoms with Crippen LogP contribution in [0.25, 0.3) is 22.4 Å². The van der Waals surface area contributed by atoms with E-state index < -0.39 is 26.6 Å². The van der Waals surface area contributed by atoms with E-state index in [1.807, 2.05) is 32.0 Å². The Hall–Kier alpha value is -2.64. The van der Waals surface area contributed by atoms with Gasteiger partial charge < -0.3 is 0 Å². The third kappa shape index (κ3) is 3.36.